The number of benzene rings is 1. The Morgan fingerprint density at radius 3 is 2.53 bits per heavy atom. The van der Waals surface area contributed by atoms with Gasteiger partial charge in [0.25, 0.3) is 5.91 Å². The van der Waals surface area contributed by atoms with Gasteiger partial charge in [0.05, 0.1) is 35.0 Å². The van der Waals surface area contributed by atoms with Crippen molar-refractivity contribution in [2.24, 2.45) is 11.1 Å². The predicted octanol–water partition coefficient (Wildman–Crippen LogP) is 0.728. The maximum Gasteiger partial charge on any atom is 0.350 e. The van der Waals surface area contributed by atoms with Crippen LogP contribution in [0.15, 0.2) is 22.7 Å². The number of β-lactam (4-membered cyclic amide) rings is 1. The normalized spacial score (nSPS) is 22.6. The predicted molar refractivity (Wildman–Crippen MR) is 163 cm³/mol. The molecular formula is C26H26ClN7O11S2. The van der Waals surface area contributed by atoms with Gasteiger partial charge in [-0.15, -0.1) is 11.3 Å². The number of nitrogens with two attached hydrogens (primary N) is 1. The molecule has 0 spiro atoms. The number of aliphatic carboxylic acids is 2. The molecule has 3 aliphatic rings. The highest BCUT2D eigenvalue weighted by atomic mass is 35.5. The molecule has 5 rings (SSSR count). The smallest absolute Gasteiger partial charge is 0.350 e. The molecule has 47 heavy (non-hydrogen) atoms. The number of hydrazine groups is 1. The van der Waals surface area contributed by atoms with Gasteiger partial charge < -0.3 is 35.9 Å². The molecule has 0 aliphatic carbocycles. The van der Waals surface area contributed by atoms with Crippen LogP contribution in [0.2, 0.25) is 5.02 Å². The topological polar surface area (TPSA) is 266 Å². The number of oxime groups is 1. The highest BCUT2D eigenvalue weighted by Gasteiger charge is 2.66. The summed E-state index contributed by atoms with van der Waals surface area (Å²) in [6, 6.07) is 1.24. The quantitative estimate of drug-likeness (QED) is 0.0812. The average Bonchev–Trinajstić information content (AvgIpc) is 3.70. The number of hydrogen-bond acceptors (Lipinski definition) is 14. The number of aromatic hydroxyl groups is 2. The number of phenolic OH excluding ortho intramolecular Hbond substituents is 2. The van der Waals surface area contributed by atoms with Crippen molar-refractivity contribution in [2.75, 3.05) is 25.4 Å². The Morgan fingerprint density at radius 2 is 1.91 bits per heavy atom. The van der Waals surface area contributed by atoms with Gasteiger partial charge in [-0.1, -0.05) is 28.5 Å². The monoisotopic (exact) mass is 711 g/mol. The summed E-state index contributed by atoms with van der Waals surface area (Å²) < 4.78 is 0. The summed E-state index contributed by atoms with van der Waals surface area (Å²) >= 11 is 7.71. The SMILES string of the molecule is CC(C)(O/N=C(\C(=O)C[C@@H]1C(=O)N2C[C@@](C(=O)O)(N3CCN(NC(=O)c4ccc(O)c(O)c4Cl)C3=O)S[C@H]12)c1csc(N)n1)C(=O)O. The first-order valence-electron chi connectivity index (χ1n) is 13.5. The number of Topliss-reactive ketones (excluding diaryl/α,β-unsaturated/α-hetero) is 1. The lowest BCUT2D eigenvalue weighted by molar-refractivity contribution is -0.161. The van der Waals surface area contributed by atoms with Crippen LogP contribution in [0.5, 0.6) is 11.5 Å². The number of phenols is 2. The molecule has 7 N–H and O–H groups in total. The Labute approximate surface area is 277 Å². The third-order valence-electron chi connectivity index (χ3n) is 7.62. The first-order valence-corrected chi connectivity index (χ1v) is 15.7. The van der Waals surface area contributed by atoms with Crippen molar-refractivity contribution in [3.8, 4) is 11.5 Å². The Balaban J connectivity index is 1.32. The number of carboxylic acid groups (broad SMARTS) is 2. The van der Waals surface area contributed by atoms with Crippen LogP contribution in [0, 0.1) is 5.92 Å². The Morgan fingerprint density at radius 1 is 1.21 bits per heavy atom. The molecule has 3 saturated heterocycles. The molecule has 1 aromatic carbocycles. The lowest BCUT2D eigenvalue weighted by Gasteiger charge is -2.40. The zero-order valence-electron chi connectivity index (χ0n) is 24.4. The van der Waals surface area contributed by atoms with E-state index in [1.165, 1.54) is 24.1 Å². The number of thioether (sulfide) groups is 1. The fourth-order valence-corrected chi connectivity index (χ4v) is 7.45. The number of nitrogens with one attached hydrogen (secondary N) is 1. The second-order valence-electron chi connectivity index (χ2n) is 11.0. The first-order chi connectivity index (χ1) is 22.0. The number of nitrogen functional groups attached to an aromatic ring is 1. The molecule has 4 amide bonds. The van der Waals surface area contributed by atoms with Crippen molar-refractivity contribution in [3.63, 3.8) is 0 Å². The van der Waals surface area contributed by atoms with E-state index in [9.17, 15) is 49.2 Å². The summed E-state index contributed by atoms with van der Waals surface area (Å²) in [5, 5.41) is 43.9. The second kappa shape index (κ2) is 12.1. The molecule has 21 heteroatoms. The van der Waals surface area contributed by atoms with Gasteiger partial charge in [-0.3, -0.25) is 24.7 Å². The molecule has 2 aromatic rings. The number of rotatable bonds is 11. The number of amides is 4. The van der Waals surface area contributed by atoms with Crippen LogP contribution in [0.3, 0.4) is 0 Å². The summed E-state index contributed by atoms with van der Waals surface area (Å²) in [5.41, 5.74) is 5.54. The molecular weight excluding hydrogens is 686 g/mol. The minimum atomic E-state index is -1.97. The summed E-state index contributed by atoms with van der Waals surface area (Å²) in [6.45, 7) is 1.70. The molecule has 18 nitrogen and oxygen atoms in total. The molecule has 3 fully saturated rings. The van der Waals surface area contributed by atoms with E-state index in [0.717, 1.165) is 45.1 Å². The van der Waals surface area contributed by atoms with Crippen molar-refractivity contribution in [1.29, 1.82) is 0 Å². The third kappa shape index (κ3) is 5.82. The number of anilines is 1. The summed E-state index contributed by atoms with van der Waals surface area (Å²) in [6.07, 6.45) is -0.466. The minimum Gasteiger partial charge on any atom is -0.504 e. The Kier molecular flexibility index (Phi) is 8.62. The Hall–Kier alpha value is -4.82. The number of halogens is 1. The maximum atomic E-state index is 13.4. The lowest BCUT2D eigenvalue weighted by atomic mass is 9.90. The zero-order valence-corrected chi connectivity index (χ0v) is 26.8. The number of carbonyl (C=O) groups is 6. The van der Waals surface area contributed by atoms with Crippen molar-refractivity contribution < 1.29 is 54.0 Å². The van der Waals surface area contributed by atoms with Crippen LogP contribution < -0.4 is 11.2 Å². The van der Waals surface area contributed by atoms with Crippen molar-refractivity contribution in [2.45, 2.75) is 36.1 Å². The fourth-order valence-electron chi connectivity index (χ4n) is 4.97. The van der Waals surface area contributed by atoms with Crippen molar-refractivity contribution in [3.05, 3.63) is 33.8 Å². The molecule has 0 bridgehead atoms. The van der Waals surface area contributed by atoms with Gasteiger partial charge in [-0.05, 0) is 26.0 Å². The van der Waals surface area contributed by atoms with E-state index in [-0.39, 0.29) is 35.2 Å². The summed E-state index contributed by atoms with van der Waals surface area (Å²) in [7, 11) is 0. The van der Waals surface area contributed by atoms with Crippen LogP contribution in [-0.2, 0) is 24.0 Å². The van der Waals surface area contributed by atoms with Crippen LogP contribution >= 0.6 is 34.7 Å². The number of nitrogens with zero attached hydrogens (tertiary/aromatic N) is 5. The fraction of sp³-hybridized carbons (Fsp3) is 0.385. The number of ketones is 1. The molecule has 0 radical (unpaired) electrons. The average molecular weight is 712 g/mol. The van der Waals surface area contributed by atoms with E-state index in [2.05, 4.69) is 15.6 Å². The van der Waals surface area contributed by atoms with Crippen molar-refractivity contribution in [1.82, 2.24) is 25.2 Å². The van der Waals surface area contributed by atoms with Gasteiger partial charge in [-0.25, -0.2) is 24.4 Å². The summed E-state index contributed by atoms with van der Waals surface area (Å²) in [5.74, 6) is -7.35. The Bertz CT molecular complexity index is 1750. The van der Waals surface area contributed by atoms with E-state index in [1.54, 1.807) is 0 Å². The van der Waals surface area contributed by atoms with E-state index in [0.29, 0.717) is 0 Å². The standard InChI is InChI=1S/C26H26ClN7O11S2/c1-25(2,21(40)41)45-31-16(12-8-46-23(28)29-12)14(36)7-11-19(39)32-9-26(22(42)43,47-20(11)32)33-5-6-34(24(33)44)30-18(38)10-3-4-13(35)17(37)15(10)27/h3-4,8,11,20,35,37H,5-7,9H2,1-2H3,(H2,28,29)(H,30,38)(H,40,41)(H,42,43)/b31-16-/t11-,20-,26-/m1/s1. The van der Waals surface area contributed by atoms with Crippen LogP contribution in [-0.4, -0.2) is 117 Å². The van der Waals surface area contributed by atoms with Gasteiger partial charge in [0.2, 0.25) is 16.4 Å². The number of urea groups is 1. The number of carbonyl (C=O) groups excluding carboxylic acids is 4. The van der Waals surface area contributed by atoms with E-state index >= 15 is 0 Å². The highest BCUT2D eigenvalue weighted by molar-refractivity contribution is 8.02. The number of aromatic nitrogens is 1. The third-order valence-corrected chi connectivity index (χ3v) is 10.4. The van der Waals surface area contributed by atoms with Crippen LogP contribution in [0.25, 0.3) is 0 Å². The second-order valence-corrected chi connectivity index (χ2v) is 13.7. The zero-order chi connectivity index (χ0) is 34.6. The van der Waals surface area contributed by atoms with Gasteiger partial charge in [0, 0.05) is 18.3 Å². The minimum absolute atomic E-state index is 0.00474. The first kappa shape index (κ1) is 33.5. The largest absolute Gasteiger partial charge is 0.504 e. The molecule has 250 valence electrons. The van der Waals surface area contributed by atoms with Gasteiger partial charge >= 0.3 is 18.0 Å². The van der Waals surface area contributed by atoms with Gasteiger partial charge in [0.15, 0.2) is 28.1 Å². The number of thiazole rings is 1. The maximum absolute atomic E-state index is 13.4. The lowest BCUT2D eigenvalue weighted by Crippen LogP contribution is -2.60. The van der Waals surface area contributed by atoms with Crippen LogP contribution in [0.1, 0.15) is 36.3 Å². The molecule has 0 saturated carbocycles. The number of fused-ring (bicyclic) bond motifs is 1. The molecule has 4 heterocycles. The van der Waals surface area contributed by atoms with Gasteiger partial charge in [-0.2, -0.15) is 0 Å². The van der Waals surface area contributed by atoms with E-state index < -0.39 is 86.8 Å². The molecule has 0 unspecified atom stereocenters. The van der Waals surface area contributed by atoms with Crippen LogP contribution in [0.4, 0.5) is 9.93 Å². The van der Waals surface area contributed by atoms with E-state index in [1.807, 2.05) is 0 Å². The number of hydrogen-bond donors (Lipinski definition) is 6. The molecule has 3 atom stereocenters. The molecule has 1 aromatic heterocycles. The molecule has 3 aliphatic heterocycles. The highest BCUT2D eigenvalue weighted by Crippen LogP contribution is 2.53. The number of carboxylic acids is 2. The van der Waals surface area contributed by atoms with Crippen molar-refractivity contribution >= 4 is 81.1 Å². The van der Waals surface area contributed by atoms with Gasteiger partial charge in [0.1, 0.15) is 5.69 Å². The summed E-state index contributed by atoms with van der Waals surface area (Å²) in [4.78, 5) is 86.3. The van der Waals surface area contributed by atoms with E-state index in [4.69, 9.17) is 22.2 Å².